The van der Waals surface area contributed by atoms with Gasteiger partial charge < -0.3 is 10.5 Å². The van der Waals surface area contributed by atoms with Crippen LogP contribution in [0.25, 0.3) is 0 Å². The molecule has 0 radical (unpaired) electrons. The summed E-state index contributed by atoms with van der Waals surface area (Å²) >= 11 is 5.99. The average Bonchev–Trinajstić information content (AvgIpc) is 3.07. The minimum atomic E-state index is -0.430. The van der Waals surface area contributed by atoms with Crippen molar-refractivity contribution in [1.29, 1.82) is 0 Å². The summed E-state index contributed by atoms with van der Waals surface area (Å²) in [4.78, 5) is 0. The molecule has 2 N–H and O–H groups in total. The Morgan fingerprint density at radius 3 is 2.76 bits per heavy atom. The van der Waals surface area contributed by atoms with E-state index < -0.39 is 5.82 Å². The molecule has 2 nitrogen and oxygen atoms in total. The van der Waals surface area contributed by atoms with Crippen molar-refractivity contribution >= 4 is 11.6 Å². The fraction of sp³-hybridized carbons (Fsp3) is 0.538. The van der Waals surface area contributed by atoms with Crippen molar-refractivity contribution in [3.8, 4) is 5.75 Å². The average molecular weight is 258 g/mol. The molecule has 1 saturated carbocycles. The maximum absolute atomic E-state index is 13.7. The zero-order valence-corrected chi connectivity index (χ0v) is 10.6. The van der Waals surface area contributed by atoms with Crippen LogP contribution in [0.4, 0.5) is 4.39 Å². The maximum atomic E-state index is 13.7. The van der Waals surface area contributed by atoms with E-state index in [4.69, 9.17) is 22.1 Å². The molecule has 0 bridgehead atoms. The highest BCUT2D eigenvalue weighted by Crippen LogP contribution is 2.38. The Hall–Kier alpha value is -0.800. The van der Waals surface area contributed by atoms with Gasteiger partial charge in [0.05, 0.1) is 11.6 Å². The summed E-state index contributed by atoms with van der Waals surface area (Å²) in [5.41, 5.74) is 6.78. The van der Waals surface area contributed by atoms with Crippen LogP contribution in [0.2, 0.25) is 5.02 Å². The number of nitrogens with two attached hydrogens (primary N) is 1. The van der Waals surface area contributed by atoms with Gasteiger partial charge in [-0.3, -0.25) is 0 Å². The van der Waals surface area contributed by atoms with E-state index in [2.05, 4.69) is 0 Å². The standard InChI is InChI=1S/C13H17ClFNO/c1-2-17-13-10(14)6-9(7-11(13)15)12(16)5-8-3-4-8/h6-8,12H,2-5,16H2,1H3/t12-/m1/s1. The SMILES string of the molecule is CCOc1c(F)cc([C@H](N)CC2CC2)cc1Cl. The Balaban J connectivity index is 2.17. The lowest BCUT2D eigenvalue weighted by Crippen LogP contribution is -2.11. The Kier molecular flexibility index (Phi) is 3.89. The first-order chi connectivity index (χ1) is 8.11. The molecule has 0 saturated heterocycles. The molecule has 0 unspecified atom stereocenters. The van der Waals surface area contributed by atoms with Gasteiger partial charge in [-0.15, -0.1) is 0 Å². The fourth-order valence-electron chi connectivity index (χ4n) is 1.92. The molecule has 0 heterocycles. The van der Waals surface area contributed by atoms with Crippen LogP contribution in [0, 0.1) is 11.7 Å². The number of benzene rings is 1. The van der Waals surface area contributed by atoms with Crippen LogP contribution in [0.5, 0.6) is 5.75 Å². The zero-order valence-electron chi connectivity index (χ0n) is 9.88. The van der Waals surface area contributed by atoms with Gasteiger partial charge in [-0.1, -0.05) is 24.4 Å². The summed E-state index contributed by atoms with van der Waals surface area (Å²) < 4.78 is 18.9. The molecule has 0 aromatic heterocycles. The number of ether oxygens (including phenoxy) is 1. The van der Waals surface area contributed by atoms with Gasteiger partial charge in [0, 0.05) is 6.04 Å². The Morgan fingerprint density at radius 1 is 1.53 bits per heavy atom. The summed E-state index contributed by atoms with van der Waals surface area (Å²) in [6.07, 6.45) is 3.38. The van der Waals surface area contributed by atoms with E-state index in [1.807, 2.05) is 0 Å². The molecule has 1 aliphatic rings. The van der Waals surface area contributed by atoms with Crippen LogP contribution in [0.1, 0.15) is 37.8 Å². The quantitative estimate of drug-likeness (QED) is 0.873. The molecule has 0 aliphatic heterocycles. The minimum absolute atomic E-state index is 0.122. The number of hydrogen-bond acceptors (Lipinski definition) is 2. The van der Waals surface area contributed by atoms with E-state index in [9.17, 15) is 4.39 Å². The monoisotopic (exact) mass is 257 g/mol. The van der Waals surface area contributed by atoms with Crippen molar-refractivity contribution in [2.75, 3.05) is 6.61 Å². The lowest BCUT2D eigenvalue weighted by atomic mass is 10.0. The van der Waals surface area contributed by atoms with E-state index >= 15 is 0 Å². The second-order valence-electron chi connectivity index (χ2n) is 4.53. The third-order valence-corrected chi connectivity index (χ3v) is 3.30. The van der Waals surface area contributed by atoms with Gasteiger partial charge in [0.25, 0.3) is 0 Å². The second-order valence-corrected chi connectivity index (χ2v) is 4.94. The van der Waals surface area contributed by atoms with Crippen molar-refractivity contribution in [3.05, 3.63) is 28.5 Å². The van der Waals surface area contributed by atoms with Crippen LogP contribution in [0.3, 0.4) is 0 Å². The lowest BCUT2D eigenvalue weighted by molar-refractivity contribution is 0.321. The molecule has 2 rings (SSSR count). The highest BCUT2D eigenvalue weighted by Gasteiger charge is 2.25. The van der Waals surface area contributed by atoms with Crippen molar-refractivity contribution < 1.29 is 9.13 Å². The summed E-state index contributed by atoms with van der Waals surface area (Å²) in [5, 5.41) is 0.299. The Morgan fingerprint density at radius 2 is 2.24 bits per heavy atom. The molecular weight excluding hydrogens is 241 g/mol. The maximum Gasteiger partial charge on any atom is 0.173 e. The third kappa shape index (κ3) is 3.11. The van der Waals surface area contributed by atoms with Gasteiger partial charge in [-0.05, 0) is 37.0 Å². The van der Waals surface area contributed by atoms with E-state index in [0.717, 1.165) is 12.0 Å². The predicted octanol–water partition coefficient (Wildman–Crippen LogP) is 3.68. The van der Waals surface area contributed by atoms with Crippen LogP contribution in [-0.4, -0.2) is 6.61 Å². The third-order valence-electron chi connectivity index (χ3n) is 3.02. The molecule has 0 amide bonds. The summed E-state index contributed by atoms with van der Waals surface area (Å²) in [7, 11) is 0. The van der Waals surface area contributed by atoms with Crippen molar-refractivity contribution in [2.45, 2.75) is 32.2 Å². The molecule has 1 fully saturated rings. The smallest absolute Gasteiger partial charge is 0.173 e. The number of hydrogen-bond donors (Lipinski definition) is 1. The Bertz CT molecular complexity index is 383. The van der Waals surface area contributed by atoms with Gasteiger partial charge in [-0.25, -0.2) is 4.39 Å². The summed E-state index contributed by atoms with van der Waals surface area (Å²) in [6.45, 7) is 2.19. The molecule has 94 valence electrons. The minimum Gasteiger partial charge on any atom is -0.489 e. The largest absolute Gasteiger partial charge is 0.489 e. The van der Waals surface area contributed by atoms with E-state index in [1.54, 1.807) is 13.0 Å². The lowest BCUT2D eigenvalue weighted by Gasteiger charge is -2.14. The fourth-order valence-corrected chi connectivity index (χ4v) is 2.20. The van der Waals surface area contributed by atoms with Gasteiger partial charge >= 0.3 is 0 Å². The van der Waals surface area contributed by atoms with Crippen LogP contribution < -0.4 is 10.5 Å². The number of halogens is 2. The van der Waals surface area contributed by atoms with Gasteiger partial charge in [0.2, 0.25) is 0 Å². The topological polar surface area (TPSA) is 35.2 Å². The van der Waals surface area contributed by atoms with E-state index in [1.165, 1.54) is 18.9 Å². The Labute approximate surface area is 106 Å². The predicted molar refractivity (Wildman–Crippen MR) is 66.8 cm³/mol. The van der Waals surface area contributed by atoms with Gasteiger partial charge in [0.15, 0.2) is 11.6 Å². The number of rotatable bonds is 5. The first-order valence-corrected chi connectivity index (χ1v) is 6.37. The molecule has 4 heteroatoms. The van der Waals surface area contributed by atoms with E-state index in [-0.39, 0.29) is 11.8 Å². The van der Waals surface area contributed by atoms with Crippen molar-refractivity contribution in [2.24, 2.45) is 11.7 Å². The van der Waals surface area contributed by atoms with Crippen LogP contribution >= 0.6 is 11.6 Å². The molecule has 1 atom stereocenters. The highest BCUT2D eigenvalue weighted by molar-refractivity contribution is 6.32. The molecule has 0 spiro atoms. The molecule has 1 aliphatic carbocycles. The van der Waals surface area contributed by atoms with E-state index in [0.29, 0.717) is 17.5 Å². The first-order valence-electron chi connectivity index (χ1n) is 5.99. The second kappa shape index (κ2) is 5.23. The highest BCUT2D eigenvalue weighted by atomic mass is 35.5. The molecule has 1 aromatic rings. The van der Waals surface area contributed by atoms with Crippen LogP contribution in [0.15, 0.2) is 12.1 Å². The zero-order chi connectivity index (χ0) is 12.4. The molecule has 17 heavy (non-hydrogen) atoms. The van der Waals surface area contributed by atoms with Gasteiger partial charge in [-0.2, -0.15) is 0 Å². The molecular formula is C13H17ClFNO. The normalized spacial score (nSPS) is 16.9. The first kappa shape index (κ1) is 12.7. The summed E-state index contributed by atoms with van der Waals surface area (Å²) in [5.74, 6) is 0.399. The van der Waals surface area contributed by atoms with Crippen LogP contribution in [-0.2, 0) is 0 Å². The van der Waals surface area contributed by atoms with Crippen molar-refractivity contribution in [1.82, 2.24) is 0 Å². The summed E-state index contributed by atoms with van der Waals surface area (Å²) in [6, 6.07) is 3.01. The van der Waals surface area contributed by atoms with Crippen molar-refractivity contribution in [3.63, 3.8) is 0 Å². The molecule has 1 aromatic carbocycles. The van der Waals surface area contributed by atoms with Gasteiger partial charge in [0.1, 0.15) is 0 Å².